The highest BCUT2D eigenvalue weighted by Gasteiger charge is 2.33. The molecule has 1 aliphatic heterocycles. The lowest BCUT2D eigenvalue weighted by atomic mass is 9.99. The Kier molecular flexibility index (Phi) is 7.56. The normalized spacial score (nSPS) is 20.2. The minimum atomic E-state index is -0.106. The average molecular weight is 318 g/mol. The summed E-state index contributed by atoms with van der Waals surface area (Å²) in [5, 5.41) is 3.47. The maximum Gasteiger partial charge on any atom is 0.323 e. The van der Waals surface area contributed by atoms with E-state index < -0.39 is 0 Å². The highest BCUT2D eigenvalue weighted by atomic mass is 16.5. The third kappa shape index (κ3) is 5.33. The van der Waals surface area contributed by atoms with Gasteiger partial charge in [0, 0.05) is 25.7 Å². The Labute approximate surface area is 140 Å². The molecule has 0 radical (unpaired) electrons. The first-order chi connectivity index (χ1) is 11.3. The van der Waals surface area contributed by atoms with Gasteiger partial charge in [-0.05, 0) is 25.3 Å². The predicted octanol–water partition coefficient (Wildman–Crippen LogP) is 2.62. The van der Waals surface area contributed by atoms with Gasteiger partial charge in [0.05, 0.1) is 6.61 Å². The van der Waals surface area contributed by atoms with Gasteiger partial charge in [0.2, 0.25) is 0 Å². The highest BCUT2D eigenvalue weighted by Crippen LogP contribution is 2.19. The fraction of sp³-hybridized carbons (Fsp3) is 0.632. The summed E-state index contributed by atoms with van der Waals surface area (Å²) in [6.07, 6.45) is 4.02. The molecule has 0 spiro atoms. The fourth-order valence-corrected chi connectivity index (χ4v) is 3.32. The maximum absolute atomic E-state index is 12.5. The van der Waals surface area contributed by atoms with E-state index in [4.69, 9.17) is 4.74 Å². The molecule has 1 aliphatic rings. The van der Waals surface area contributed by atoms with E-state index in [-0.39, 0.29) is 12.0 Å². The molecule has 1 N–H and O–H groups in total. The van der Waals surface area contributed by atoms with Crippen molar-refractivity contribution in [2.75, 3.05) is 26.2 Å². The van der Waals surface area contributed by atoms with Gasteiger partial charge in [0.15, 0.2) is 0 Å². The molecule has 128 valence electrons. The molecular weight excluding hydrogens is 288 g/mol. The smallest absolute Gasteiger partial charge is 0.323 e. The number of unbranched alkanes of at least 4 members (excludes halogenated alkanes) is 1. The van der Waals surface area contributed by atoms with Gasteiger partial charge in [-0.2, -0.15) is 0 Å². The van der Waals surface area contributed by atoms with Crippen LogP contribution in [0.2, 0.25) is 0 Å². The number of nitrogens with zero attached hydrogens (tertiary/aromatic N) is 1. The molecule has 1 heterocycles. The van der Waals surface area contributed by atoms with Crippen molar-refractivity contribution in [2.45, 2.75) is 51.6 Å². The Bertz CT molecular complexity index is 464. The average Bonchev–Trinajstić information content (AvgIpc) is 2.58. The van der Waals surface area contributed by atoms with Gasteiger partial charge in [-0.3, -0.25) is 9.69 Å². The molecular formula is C19H30N2O2. The molecule has 0 saturated carbocycles. The zero-order valence-electron chi connectivity index (χ0n) is 14.5. The first kappa shape index (κ1) is 18.0. The first-order valence-corrected chi connectivity index (χ1v) is 8.93. The number of nitrogens with one attached hydrogen (secondary N) is 1. The molecule has 0 aliphatic carbocycles. The maximum atomic E-state index is 12.5. The lowest BCUT2D eigenvalue weighted by Crippen LogP contribution is -2.58. The van der Waals surface area contributed by atoms with E-state index in [0.29, 0.717) is 12.6 Å². The van der Waals surface area contributed by atoms with Gasteiger partial charge < -0.3 is 10.1 Å². The van der Waals surface area contributed by atoms with Crippen molar-refractivity contribution in [3.8, 4) is 0 Å². The minimum absolute atomic E-state index is 0.0547. The van der Waals surface area contributed by atoms with Crippen molar-refractivity contribution in [1.29, 1.82) is 0 Å². The van der Waals surface area contributed by atoms with Crippen molar-refractivity contribution in [2.24, 2.45) is 0 Å². The molecule has 0 unspecified atom stereocenters. The molecule has 0 bridgehead atoms. The van der Waals surface area contributed by atoms with E-state index >= 15 is 0 Å². The Morgan fingerprint density at radius 1 is 1.35 bits per heavy atom. The second kappa shape index (κ2) is 9.68. The van der Waals surface area contributed by atoms with Gasteiger partial charge in [-0.25, -0.2) is 0 Å². The highest BCUT2D eigenvalue weighted by molar-refractivity contribution is 5.75. The second-order valence-corrected chi connectivity index (χ2v) is 6.20. The molecule has 0 aromatic heterocycles. The number of carbonyl (C=O) groups is 1. The standard InChI is InChI=1S/C19H30N2O2/c1-3-5-11-18(19(22)23-4-2)21-13-12-20-15-17(21)14-16-9-7-6-8-10-16/h6-10,17-18,20H,3-5,11-15H2,1-2H3/t17-,18+/m0/s1. The van der Waals surface area contributed by atoms with E-state index in [2.05, 4.69) is 41.4 Å². The van der Waals surface area contributed by atoms with Crippen LogP contribution in [0.3, 0.4) is 0 Å². The van der Waals surface area contributed by atoms with Crippen molar-refractivity contribution in [1.82, 2.24) is 10.2 Å². The second-order valence-electron chi connectivity index (χ2n) is 6.20. The molecule has 1 aromatic carbocycles. The zero-order chi connectivity index (χ0) is 16.5. The third-order valence-electron chi connectivity index (χ3n) is 4.50. The van der Waals surface area contributed by atoms with E-state index in [1.807, 2.05) is 13.0 Å². The molecule has 4 nitrogen and oxygen atoms in total. The molecule has 0 amide bonds. The number of piperazine rings is 1. The lowest BCUT2D eigenvalue weighted by molar-refractivity contribution is -0.151. The van der Waals surface area contributed by atoms with Crippen LogP contribution < -0.4 is 5.32 Å². The van der Waals surface area contributed by atoms with Crippen molar-refractivity contribution >= 4 is 5.97 Å². The monoisotopic (exact) mass is 318 g/mol. The summed E-state index contributed by atoms with van der Waals surface area (Å²) in [5.74, 6) is -0.0547. The number of benzene rings is 1. The molecule has 4 heteroatoms. The number of ether oxygens (including phenoxy) is 1. The van der Waals surface area contributed by atoms with Crippen LogP contribution >= 0.6 is 0 Å². The quantitative estimate of drug-likeness (QED) is 0.748. The van der Waals surface area contributed by atoms with Crippen molar-refractivity contribution in [3.05, 3.63) is 35.9 Å². The Morgan fingerprint density at radius 2 is 2.13 bits per heavy atom. The van der Waals surface area contributed by atoms with E-state index in [1.54, 1.807) is 0 Å². The SMILES string of the molecule is CCCC[C@H](C(=O)OCC)N1CCNC[C@@H]1Cc1ccccc1. The zero-order valence-corrected chi connectivity index (χ0v) is 14.5. The van der Waals surface area contributed by atoms with Gasteiger partial charge in [-0.1, -0.05) is 50.1 Å². The lowest BCUT2D eigenvalue weighted by Gasteiger charge is -2.40. The Morgan fingerprint density at radius 3 is 2.83 bits per heavy atom. The third-order valence-corrected chi connectivity index (χ3v) is 4.50. The van der Waals surface area contributed by atoms with Crippen LogP contribution in [0.1, 0.15) is 38.7 Å². The number of carbonyl (C=O) groups excluding carboxylic acids is 1. The predicted molar refractivity (Wildman–Crippen MR) is 93.5 cm³/mol. The van der Waals surface area contributed by atoms with Crippen LogP contribution in [0.5, 0.6) is 0 Å². The topological polar surface area (TPSA) is 41.6 Å². The van der Waals surface area contributed by atoms with Gasteiger partial charge in [-0.15, -0.1) is 0 Å². The molecule has 1 fully saturated rings. The molecule has 2 atom stereocenters. The molecule has 1 aromatic rings. The summed E-state index contributed by atoms with van der Waals surface area (Å²) in [4.78, 5) is 14.8. The number of hydrogen-bond acceptors (Lipinski definition) is 4. The van der Waals surface area contributed by atoms with E-state index in [1.165, 1.54) is 5.56 Å². The summed E-state index contributed by atoms with van der Waals surface area (Å²) >= 11 is 0. The van der Waals surface area contributed by atoms with E-state index in [0.717, 1.165) is 45.3 Å². The van der Waals surface area contributed by atoms with Crippen LogP contribution in [-0.4, -0.2) is 49.2 Å². The largest absolute Gasteiger partial charge is 0.465 e. The van der Waals surface area contributed by atoms with Gasteiger partial charge in [0.25, 0.3) is 0 Å². The summed E-state index contributed by atoms with van der Waals surface area (Å²) in [6, 6.07) is 10.8. The minimum Gasteiger partial charge on any atom is -0.465 e. The molecule has 23 heavy (non-hydrogen) atoms. The van der Waals surface area contributed by atoms with Crippen LogP contribution in [0.15, 0.2) is 30.3 Å². The number of rotatable bonds is 8. The van der Waals surface area contributed by atoms with E-state index in [9.17, 15) is 4.79 Å². The van der Waals surface area contributed by atoms with Crippen molar-refractivity contribution in [3.63, 3.8) is 0 Å². The Hall–Kier alpha value is -1.39. The van der Waals surface area contributed by atoms with Crippen LogP contribution in [0.25, 0.3) is 0 Å². The summed E-state index contributed by atoms with van der Waals surface area (Å²) in [5.41, 5.74) is 1.32. The fourth-order valence-electron chi connectivity index (χ4n) is 3.32. The first-order valence-electron chi connectivity index (χ1n) is 8.93. The molecule has 2 rings (SSSR count). The van der Waals surface area contributed by atoms with Crippen LogP contribution in [0.4, 0.5) is 0 Å². The summed E-state index contributed by atoms with van der Waals surface area (Å²) in [7, 11) is 0. The van der Waals surface area contributed by atoms with Crippen LogP contribution in [-0.2, 0) is 16.0 Å². The van der Waals surface area contributed by atoms with Gasteiger partial charge >= 0.3 is 5.97 Å². The van der Waals surface area contributed by atoms with Crippen LogP contribution in [0, 0.1) is 0 Å². The Balaban J connectivity index is 2.10. The van der Waals surface area contributed by atoms with Gasteiger partial charge in [0.1, 0.15) is 6.04 Å². The summed E-state index contributed by atoms with van der Waals surface area (Å²) in [6.45, 7) is 7.28. The molecule has 1 saturated heterocycles. The number of esters is 1. The number of hydrogen-bond donors (Lipinski definition) is 1. The van der Waals surface area contributed by atoms with Crippen molar-refractivity contribution < 1.29 is 9.53 Å². The summed E-state index contributed by atoms with van der Waals surface area (Å²) < 4.78 is 5.35.